The number of benzene rings is 2. The molecule has 1 heterocycles. The molecule has 3 aromatic rings. The van der Waals surface area contributed by atoms with Crippen molar-refractivity contribution >= 4 is 11.7 Å². The lowest BCUT2D eigenvalue weighted by atomic mass is 10.2. The van der Waals surface area contributed by atoms with E-state index in [9.17, 15) is 9.18 Å². The minimum atomic E-state index is -0.426. The van der Waals surface area contributed by atoms with Gasteiger partial charge >= 0.3 is 0 Å². The minimum absolute atomic E-state index is 0.294. The summed E-state index contributed by atoms with van der Waals surface area (Å²) in [6.07, 6.45) is 2.84. The van der Waals surface area contributed by atoms with Gasteiger partial charge in [-0.15, -0.1) is 0 Å². The highest BCUT2D eigenvalue weighted by Gasteiger charge is 2.24. The van der Waals surface area contributed by atoms with Gasteiger partial charge in [-0.2, -0.15) is 5.10 Å². The Kier molecular flexibility index (Phi) is 3.61. The van der Waals surface area contributed by atoms with Crippen LogP contribution in [0, 0.1) is 5.82 Å². The van der Waals surface area contributed by atoms with Gasteiger partial charge in [-0.3, -0.25) is 4.79 Å². The molecular formula is C19H16FN3O. The van der Waals surface area contributed by atoms with Crippen molar-refractivity contribution in [2.24, 2.45) is 0 Å². The lowest BCUT2D eigenvalue weighted by molar-refractivity contribution is 0.102. The fourth-order valence-corrected chi connectivity index (χ4v) is 3.09. The van der Waals surface area contributed by atoms with E-state index in [1.165, 1.54) is 18.2 Å². The number of carbonyl (C=O) groups is 1. The van der Waals surface area contributed by atoms with Gasteiger partial charge in [0.1, 0.15) is 11.6 Å². The number of anilines is 1. The summed E-state index contributed by atoms with van der Waals surface area (Å²) in [5, 5.41) is 7.58. The Bertz CT molecular complexity index is 902. The highest BCUT2D eigenvalue weighted by molar-refractivity contribution is 6.04. The molecule has 1 amide bonds. The first-order valence-electron chi connectivity index (χ1n) is 7.95. The van der Waals surface area contributed by atoms with Crippen LogP contribution in [0.3, 0.4) is 0 Å². The number of rotatable bonds is 3. The second-order valence-corrected chi connectivity index (χ2v) is 5.84. The molecule has 0 aliphatic heterocycles. The second-order valence-electron chi connectivity index (χ2n) is 5.84. The molecule has 4 nitrogen and oxygen atoms in total. The van der Waals surface area contributed by atoms with Gasteiger partial charge in [0.05, 0.1) is 11.4 Å². The topological polar surface area (TPSA) is 46.9 Å². The number of amides is 1. The van der Waals surface area contributed by atoms with Crippen LogP contribution in [0.1, 0.15) is 28.0 Å². The van der Waals surface area contributed by atoms with Gasteiger partial charge in [0.25, 0.3) is 5.91 Å². The van der Waals surface area contributed by atoms with Crippen molar-refractivity contribution in [2.45, 2.75) is 19.3 Å². The van der Waals surface area contributed by atoms with Crippen LogP contribution in [0.15, 0.2) is 54.6 Å². The first-order valence-corrected chi connectivity index (χ1v) is 7.95. The quantitative estimate of drug-likeness (QED) is 0.798. The van der Waals surface area contributed by atoms with E-state index in [2.05, 4.69) is 10.4 Å². The molecule has 4 rings (SSSR count). The predicted molar refractivity (Wildman–Crippen MR) is 89.9 cm³/mol. The van der Waals surface area contributed by atoms with Crippen LogP contribution >= 0.6 is 0 Å². The number of aromatic nitrogens is 2. The maximum Gasteiger partial charge on any atom is 0.256 e. The standard InChI is InChI=1S/C19H16FN3O/c20-14-7-4-6-13(12-14)19(24)21-18-16-10-5-11-17(16)22-23(18)15-8-2-1-3-9-15/h1-4,6-9,12H,5,10-11H2,(H,21,24). The van der Waals surface area contributed by atoms with Gasteiger partial charge in [0.15, 0.2) is 0 Å². The molecule has 0 spiro atoms. The third-order valence-corrected chi connectivity index (χ3v) is 4.23. The van der Waals surface area contributed by atoms with Crippen molar-refractivity contribution in [2.75, 3.05) is 5.32 Å². The molecule has 0 bridgehead atoms. The van der Waals surface area contributed by atoms with Crippen LogP contribution in [-0.2, 0) is 12.8 Å². The molecule has 120 valence electrons. The smallest absolute Gasteiger partial charge is 0.256 e. The number of carbonyl (C=O) groups excluding carboxylic acids is 1. The van der Waals surface area contributed by atoms with Crippen molar-refractivity contribution in [3.63, 3.8) is 0 Å². The summed E-state index contributed by atoms with van der Waals surface area (Å²) in [5.74, 6) is -0.0753. The summed E-state index contributed by atoms with van der Waals surface area (Å²) >= 11 is 0. The number of nitrogens with one attached hydrogen (secondary N) is 1. The maximum absolute atomic E-state index is 13.4. The molecule has 0 radical (unpaired) electrons. The van der Waals surface area contributed by atoms with Gasteiger partial charge in [0.2, 0.25) is 0 Å². The summed E-state index contributed by atoms with van der Waals surface area (Å²) in [6, 6.07) is 15.4. The zero-order valence-electron chi connectivity index (χ0n) is 13.0. The van der Waals surface area contributed by atoms with Gasteiger partial charge in [-0.05, 0) is 49.6 Å². The first-order chi connectivity index (χ1) is 11.7. The van der Waals surface area contributed by atoms with Crippen molar-refractivity contribution in [3.05, 3.63) is 77.2 Å². The Morgan fingerprint density at radius 2 is 1.92 bits per heavy atom. The van der Waals surface area contributed by atoms with Gasteiger partial charge in [0, 0.05) is 11.1 Å². The molecule has 0 unspecified atom stereocenters. The van der Waals surface area contributed by atoms with E-state index in [1.807, 2.05) is 30.3 Å². The average molecular weight is 321 g/mol. The van der Waals surface area contributed by atoms with Crippen LogP contribution in [0.5, 0.6) is 0 Å². The van der Waals surface area contributed by atoms with Crippen LogP contribution in [0.25, 0.3) is 5.69 Å². The van der Waals surface area contributed by atoms with Crippen LogP contribution < -0.4 is 5.32 Å². The number of halogens is 1. The number of nitrogens with zero attached hydrogens (tertiary/aromatic N) is 2. The predicted octanol–water partition coefficient (Wildman–Crippen LogP) is 3.75. The van der Waals surface area contributed by atoms with E-state index in [0.29, 0.717) is 11.4 Å². The fraction of sp³-hybridized carbons (Fsp3) is 0.158. The van der Waals surface area contributed by atoms with E-state index in [-0.39, 0.29) is 5.91 Å². The van der Waals surface area contributed by atoms with Crippen molar-refractivity contribution in [1.29, 1.82) is 0 Å². The summed E-state index contributed by atoms with van der Waals surface area (Å²) in [4.78, 5) is 12.5. The Morgan fingerprint density at radius 1 is 1.08 bits per heavy atom. The van der Waals surface area contributed by atoms with E-state index in [0.717, 1.165) is 36.2 Å². The normalized spacial score (nSPS) is 12.9. The van der Waals surface area contributed by atoms with E-state index < -0.39 is 5.82 Å². The minimum Gasteiger partial charge on any atom is -0.306 e. The third-order valence-electron chi connectivity index (χ3n) is 4.23. The molecular weight excluding hydrogens is 305 g/mol. The number of aryl methyl sites for hydroxylation is 1. The highest BCUT2D eigenvalue weighted by atomic mass is 19.1. The molecule has 24 heavy (non-hydrogen) atoms. The monoisotopic (exact) mass is 321 g/mol. The molecule has 2 aromatic carbocycles. The Labute approximate surface area is 138 Å². The summed E-state index contributed by atoms with van der Waals surface area (Å²) in [6.45, 7) is 0. The van der Waals surface area contributed by atoms with E-state index >= 15 is 0 Å². The second kappa shape index (κ2) is 5.92. The van der Waals surface area contributed by atoms with Gasteiger partial charge in [-0.1, -0.05) is 24.3 Å². The third kappa shape index (κ3) is 2.58. The maximum atomic E-state index is 13.4. The number of para-hydroxylation sites is 1. The molecule has 0 atom stereocenters. The summed E-state index contributed by atoms with van der Waals surface area (Å²) in [5.41, 5.74) is 3.28. The fourth-order valence-electron chi connectivity index (χ4n) is 3.09. The van der Waals surface area contributed by atoms with E-state index in [1.54, 1.807) is 10.7 Å². The Hall–Kier alpha value is -2.95. The van der Waals surface area contributed by atoms with Gasteiger partial charge < -0.3 is 5.32 Å². The van der Waals surface area contributed by atoms with Crippen molar-refractivity contribution in [1.82, 2.24) is 9.78 Å². The lowest BCUT2D eigenvalue weighted by Crippen LogP contribution is -2.16. The zero-order valence-corrected chi connectivity index (χ0v) is 13.0. The largest absolute Gasteiger partial charge is 0.306 e. The van der Waals surface area contributed by atoms with Gasteiger partial charge in [-0.25, -0.2) is 9.07 Å². The summed E-state index contributed by atoms with van der Waals surface area (Å²) in [7, 11) is 0. The summed E-state index contributed by atoms with van der Waals surface area (Å²) < 4.78 is 15.1. The molecule has 1 N–H and O–H groups in total. The highest BCUT2D eigenvalue weighted by Crippen LogP contribution is 2.31. The van der Waals surface area contributed by atoms with Crippen molar-refractivity contribution in [3.8, 4) is 5.69 Å². The molecule has 1 aliphatic carbocycles. The van der Waals surface area contributed by atoms with Crippen LogP contribution in [-0.4, -0.2) is 15.7 Å². The van der Waals surface area contributed by atoms with Crippen LogP contribution in [0.2, 0.25) is 0 Å². The molecule has 0 fully saturated rings. The SMILES string of the molecule is O=C(Nc1c2c(nn1-c1ccccc1)CCC2)c1cccc(F)c1. The van der Waals surface area contributed by atoms with Crippen molar-refractivity contribution < 1.29 is 9.18 Å². The first kappa shape index (κ1) is 14.6. The van der Waals surface area contributed by atoms with Crippen LogP contribution in [0.4, 0.5) is 10.2 Å². The number of hydrogen-bond donors (Lipinski definition) is 1. The van der Waals surface area contributed by atoms with E-state index in [4.69, 9.17) is 0 Å². The lowest BCUT2D eigenvalue weighted by Gasteiger charge is -2.11. The Morgan fingerprint density at radius 3 is 2.71 bits per heavy atom. The molecule has 0 saturated heterocycles. The molecule has 5 heteroatoms. The molecule has 1 aliphatic rings. The average Bonchev–Trinajstić information content (AvgIpc) is 3.18. The Balaban J connectivity index is 1.73. The number of hydrogen-bond acceptors (Lipinski definition) is 2. The molecule has 0 saturated carbocycles. The zero-order chi connectivity index (χ0) is 16.5. The number of fused-ring (bicyclic) bond motifs is 1. The molecule has 1 aromatic heterocycles.